The molecule has 2 aromatic heterocycles. The van der Waals surface area contributed by atoms with Gasteiger partial charge in [-0.15, -0.1) is 0 Å². The third kappa shape index (κ3) is 3.09. The van der Waals surface area contributed by atoms with Gasteiger partial charge in [-0.1, -0.05) is 37.1 Å². The van der Waals surface area contributed by atoms with Gasteiger partial charge in [0.1, 0.15) is 5.54 Å². The van der Waals surface area contributed by atoms with Gasteiger partial charge in [0.2, 0.25) is 5.91 Å². The van der Waals surface area contributed by atoms with Crippen molar-refractivity contribution in [2.24, 2.45) is 0 Å². The van der Waals surface area contributed by atoms with Gasteiger partial charge in [-0.3, -0.25) is 9.20 Å². The lowest BCUT2D eigenvalue weighted by atomic mass is 9.83. The molecule has 0 saturated heterocycles. The van der Waals surface area contributed by atoms with Crippen molar-refractivity contribution >= 4 is 23.2 Å². The number of aromatic nitrogens is 2. The van der Waals surface area contributed by atoms with Crippen molar-refractivity contribution in [3.63, 3.8) is 0 Å². The number of imidazole rings is 1. The van der Waals surface area contributed by atoms with E-state index < -0.39 is 5.54 Å². The molecule has 1 amide bonds. The molecule has 1 fully saturated rings. The van der Waals surface area contributed by atoms with Gasteiger partial charge < -0.3 is 5.32 Å². The summed E-state index contributed by atoms with van der Waals surface area (Å²) < 4.78 is 1.96. The fourth-order valence-electron chi connectivity index (χ4n) is 2.88. The molecular weight excluding hydrogens is 296 g/mol. The van der Waals surface area contributed by atoms with Crippen LogP contribution in [0.15, 0.2) is 35.7 Å². The lowest BCUT2D eigenvalue weighted by molar-refractivity contribution is -0.120. The molecule has 1 aliphatic carbocycles. The lowest BCUT2D eigenvalue weighted by Gasteiger charge is -2.31. The minimum absolute atomic E-state index is 0.0962. The van der Waals surface area contributed by atoms with E-state index in [0.29, 0.717) is 0 Å². The molecular formula is C16H18N4OS. The van der Waals surface area contributed by atoms with Crippen LogP contribution >= 0.6 is 11.8 Å². The highest BCUT2D eigenvalue weighted by Gasteiger charge is 2.33. The Bertz CT molecular complexity index is 712. The molecule has 0 bridgehead atoms. The number of nitrogens with one attached hydrogen (secondary N) is 1. The Hall–Kier alpha value is -2.00. The van der Waals surface area contributed by atoms with Crippen LogP contribution in [0.2, 0.25) is 0 Å². The summed E-state index contributed by atoms with van der Waals surface area (Å²) in [4.78, 5) is 16.5. The highest BCUT2D eigenvalue weighted by molar-refractivity contribution is 7.99. The van der Waals surface area contributed by atoms with Crippen molar-refractivity contribution in [1.82, 2.24) is 14.7 Å². The maximum atomic E-state index is 12.2. The quantitative estimate of drug-likeness (QED) is 0.881. The van der Waals surface area contributed by atoms with Crippen LogP contribution in [0.4, 0.5) is 0 Å². The number of hydrogen-bond donors (Lipinski definition) is 1. The highest BCUT2D eigenvalue weighted by Crippen LogP contribution is 2.28. The van der Waals surface area contributed by atoms with Crippen LogP contribution in [0.1, 0.15) is 32.1 Å². The summed E-state index contributed by atoms with van der Waals surface area (Å²) in [6.45, 7) is 0. The maximum absolute atomic E-state index is 12.2. The smallest absolute Gasteiger partial charge is 0.231 e. The molecule has 0 unspecified atom stereocenters. The van der Waals surface area contributed by atoms with Gasteiger partial charge in [0.15, 0.2) is 5.16 Å². The van der Waals surface area contributed by atoms with E-state index in [4.69, 9.17) is 0 Å². The number of nitrogens with zero attached hydrogens (tertiary/aromatic N) is 3. The summed E-state index contributed by atoms with van der Waals surface area (Å²) in [7, 11) is 0. The molecule has 0 aliphatic heterocycles. The minimum atomic E-state index is -0.662. The van der Waals surface area contributed by atoms with Gasteiger partial charge in [-0.05, 0) is 25.0 Å². The number of amides is 1. The first-order valence-corrected chi connectivity index (χ1v) is 8.48. The van der Waals surface area contributed by atoms with Gasteiger partial charge >= 0.3 is 0 Å². The molecule has 22 heavy (non-hydrogen) atoms. The number of nitriles is 1. The molecule has 5 nitrogen and oxygen atoms in total. The Morgan fingerprint density at radius 1 is 1.41 bits per heavy atom. The Morgan fingerprint density at radius 3 is 3.00 bits per heavy atom. The summed E-state index contributed by atoms with van der Waals surface area (Å²) >= 11 is 1.39. The van der Waals surface area contributed by atoms with Crippen LogP contribution in [0.25, 0.3) is 5.52 Å². The van der Waals surface area contributed by atoms with E-state index in [1.165, 1.54) is 11.8 Å². The van der Waals surface area contributed by atoms with Crippen LogP contribution < -0.4 is 5.32 Å². The van der Waals surface area contributed by atoms with Gasteiger partial charge in [-0.25, -0.2) is 4.98 Å². The van der Waals surface area contributed by atoms with Gasteiger partial charge in [-0.2, -0.15) is 5.26 Å². The molecule has 0 radical (unpaired) electrons. The van der Waals surface area contributed by atoms with E-state index in [-0.39, 0.29) is 11.7 Å². The zero-order valence-electron chi connectivity index (χ0n) is 12.3. The number of hydrogen-bond acceptors (Lipinski definition) is 4. The first-order valence-electron chi connectivity index (χ1n) is 7.50. The van der Waals surface area contributed by atoms with Gasteiger partial charge in [0.05, 0.1) is 23.5 Å². The molecule has 0 atom stereocenters. The predicted octanol–water partition coefficient (Wildman–Crippen LogP) is 2.77. The molecule has 2 heterocycles. The molecule has 1 N–H and O–H groups in total. The normalized spacial score (nSPS) is 17.0. The lowest BCUT2D eigenvalue weighted by Crippen LogP contribution is -2.49. The van der Waals surface area contributed by atoms with Crippen molar-refractivity contribution in [2.45, 2.75) is 42.8 Å². The van der Waals surface area contributed by atoms with Crippen LogP contribution in [-0.2, 0) is 4.79 Å². The standard InChI is InChI=1S/C16H18N4OS/c17-12-16(7-3-1-4-8-16)19-14(21)11-22-15-18-10-13-6-2-5-9-20(13)15/h2,5-6,9-10H,1,3-4,7-8,11H2,(H,19,21). The fourth-order valence-corrected chi connectivity index (χ4v) is 3.64. The SMILES string of the molecule is N#CC1(NC(=O)CSc2ncc3ccccn23)CCCCC1. The molecule has 6 heteroatoms. The first kappa shape index (κ1) is 14.9. The second-order valence-corrected chi connectivity index (χ2v) is 6.57. The van der Waals surface area contributed by atoms with E-state index in [2.05, 4.69) is 16.4 Å². The van der Waals surface area contributed by atoms with Crippen molar-refractivity contribution in [3.8, 4) is 6.07 Å². The van der Waals surface area contributed by atoms with Gasteiger partial charge in [0, 0.05) is 6.20 Å². The van der Waals surface area contributed by atoms with Crippen LogP contribution in [0.5, 0.6) is 0 Å². The van der Waals surface area contributed by atoms with Gasteiger partial charge in [0.25, 0.3) is 0 Å². The first-order chi connectivity index (χ1) is 10.7. The third-order valence-corrected chi connectivity index (χ3v) is 5.00. The Labute approximate surface area is 133 Å². The summed E-state index contributed by atoms with van der Waals surface area (Å²) in [5.74, 6) is 0.179. The number of thioether (sulfide) groups is 1. The van der Waals surface area contributed by atoms with Crippen molar-refractivity contribution in [2.75, 3.05) is 5.75 Å². The maximum Gasteiger partial charge on any atom is 0.231 e. The predicted molar refractivity (Wildman–Crippen MR) is 85.5 cm³/mol. The van der Waals surface area contributed by atoms with Crippen molar-refractivity contribution < 1.29 is 4.79 Å². The number of carbonyl (C=O) groups is 1. The molecule has 2 aromatic rings. The van der Waals surface area contributed by atoms with Crippen molar-refractivity contribution in [1.29, 1.82) is 5.26 Å². The minimum Gasteiger partial charge on any atom is -0.337 e. The third-order valence-electron chi connectivity index (χ3n) is 4.04. The largest absolute Gasteiger partial charge is 0.337 e. The summed E-state index contributed by atoms with van der Waals surface area (Å²) in [6.07, 6.45) is 8.39. The van der Waals surface area contributed by atoms with E-state index >= 15 is 0 Å². The fraction of sp³-hybridized carbons (Fsp3) is 0.438. The summed E-state index contributed by atoms with van der Waals surface area (Å²) in [6, 6.07) is 8.18. The van der Waals surface area contributed by atoms with Crippen LogP contribution in [-0.4, -0.2) is 26.6 Å². The molecule has 3 rings (SSSR count). The second-order valence-electron chi connectivity index (χ2n) is 5.63. The Morgan fingerprint density at radius 2 is 2.23 bits per heavy atom. The topological polar surface area (TPSA) is 70.2 Å². The number of pyridine rings is 1. The molecule has 114 valence electrons. The van der Waals surface area contributed by atoms with Crippen LogP contribution in [0, 0.1) is 11.3 Å². The average molecular weight is 314 g/mol. The highest BCUT2D eigenvalue weighted by atomic mass is 32.2. The molecule has 0 spiro atoms. The zero-order valence-corrected chi connectivity index (χ0v) is 13.1. The van der Waals surface area contributed by atoms with Crippen LogP contribution in [0.3, 0.4) is 0 Å². The molecule has 0 aromatic carbocycles. The average Bonchev–Trinajstić information content (AvgIpc) is 2.97. The van der Waals surface area contributed by atoms with E-state index in [1.807, 2.05) is 28.8 Å². The number of fused-ring (bicyclic) bond motifs is 1. The van der Waals surface area contributed by atoms with Crippen molar-refractivity contribution in [3.05, 3.63) is 30.6 Å². The zero-order chi connectivity index (χ0) is 15.4. The van der Waals surface area contributed by atoms with E-state index in [0.717, 1.165) is 42.8 Å². The number of rotatable bonds is 4. The summed E-state index contributed by atoms with van der Waals surface area (Å²) in [5, 5.41) is 13.1. The summed E-state index contributed by atoms with van der Waals surface area (Å²) in [5.41, 5.74) is 0.344. The van der Waals surface area contributed by atoms with E-state index in [9.17, 15) is 10.1 Å². The monoisotopic (exact) mass is 314 g/mol. The Balaban J connectivity index is 1.61. The van der Waals surface area contributed by atoms with E-state index in [1.54, 1.807) is 6.20 Å². The molecule has 1 aliphatic rings. The second kappa shape index (κ2) is 6.41. The number of carbonyl (C=O) groups excluding carboxylic acids is 1. The Kier molecular flexibility index (Phi) is 4.34. The molecule has 1 saturated carbocycles.